The number of rotatable bonds is 34. The van der Waals surface area contributed by atoms with E-state index in [1.807, 2.05) is 84.9 Å². The molecule has 4 aromatic rings. The van der Waals surface area contributed by atoms with Crippen LogP contribution < -0.4 is 18.4 Å². The Balaban J connectivity index is 0.000000304. The minimum atomic E-state index is -4.62. The SMILES string of the molecule is CCCCCCCCCCCCCCCC1N(Cc2ccccc2)c2ccccc2N1S(=O)(=O)[O-].CCCCCCCCCCCCCCCC1N(Cc2ccccc2)c2ccccc2N1S(=O)(=O)[O-].[Ca+2]. The zero-order valence-electron chi connectivity index (χ0n) is 43.5. The standard InChI is InChI=1S/2C29H44N2O3S.Ca/c2*1-2-3-4-5-6-7-8-9-10-11-12-13-17-24-29-30(25-26-20-15-14-16-21-26)27-22-18-19-23-28(27)31(29)35(32,33)34;/h2*14-16,18-23,29H,2-13,17,24-25H2,1H3,(H,32,33,34);/q;;+2/p-2. The molecule has 6 rings (SSSR count). The predicted molar refractivity (Wildman–Crippen MR) is 296 cm³/mol. The molecule has 0 spiro atoms. The average molecular weight is 1040 g/mol. The van der Waals surface area contributed by atoms with E-state index >= 15 is 0 Å². The Hall–Kier alpha value is -2.84. The van der Waals surface area contributed by atoms with Crippen molar-refractivity contribution in [3.63, 3.8) is 0 Å². The number of fused-ring (bicyclic) bond motifs is 2. The van der Waals surface area contributed by atoms with Crippen LogP contribution in [0.4, 0.5) is 22.7 Å². The number of anilines is 4. The summed E-state index contributed by atoms with van der Waals surface area (Å²) in [5.41, 5.74) is 4.83. The van der Waals surface area contributed by atoms with Gasteiger partial charge in [-0.2, -0.15) is 0 Å². The first-order valence-electron chi connectivity index (χ1n) is 27.3. The third kappa shape index (κ3) is 20.8. The van der Waals surface area contributed by atoms with Crippen molar-refractivity contribution in [2.75, 3.05) is 18.4 Å². The maximum absolute atomic E-state index is 12.3. The molecule has 2 atom stereocenters. The van der Waals surface area contributed by atoms with Crippen LogP contribution in [-0.4, -0.2) is 76.0 Å². The zero-order chi connectivity index (χ0) is 49.9. The van der Waals surface area contributed by atoms with Crippen LogP contribution in [0.2, 0.25) is 0 Å². The maximum atomic E-state index is 12.3. The van der Waals surface area contributed by atoms with Crippen molar-refractivity contribution in [1.29, 1.82) is 0 Å². The topological polar surface area (TPSA) is 127 Å². The van der Waals surface area contributed by atoms with Crippen LogP contribution >= 0.6 is 0 Å². The van der Waals surface area contributed by atoms with Gasteiger partial charge in [0, 0.05) is 13.1 Å². The number of para-hydroxylation sites is 4. The summed E-state index contributed by atoms with van der Waals surface area (Å²) in [5.74, 6) is 0. The second-order valence-electron chi connectivity index (χ2n) is 19.7. The van der Waals surface area contributed by atoms with Gasteiger partial charge in [0.05, 0.1) is 22.7 Å². The summed E-state index contributed by atoms with van der Waals surface area (Å²) in [4.78, 5) is 4.17. The van der Waals surface area contributed by atoms with Crippen molar-refractivity contribution in [3.8, 4) is 0 Å². The first-order chi connectivity index (χ1) is 34.0. The van der Waals surface area contributed by atoms with E-state index in [9.17, 15) is 25.9 Å². The Morgan fingerprint density at radius 2 is 0.592 bits per heavy atom. The molecule has 2 aliphatic rings. The Labute approximate surface area is 461 Å². The number of hydrogen-bond donors (Lipinski definition) is 0. The molecule has 0 fully saturated rings. The summed E-state index contributed by atoms with van der Waals surface area (Å²) in [6, 6.07) is 34.8. The molecule has 0 aromatic heterocycles. The van der Waals surface area contributed by atoms with Crippen LogP contribution in [0.25, 0.3) is 0 Å². The molecule has 0 bridgehead atoms. The van der Waals surface area contributed by atoms with Crippen LogP contribution in [0.1, 0.15) is 205 Å². The zero-order valence-corrected chi connectivity index (χ0v) is 47.4. The third-order valence-electron chi connectivity index (χ3n) is 14.1. The van der Waals surface area contributed by atoms with Crippen molar-refractivity contribution < 1.29 is 25.9 Å². The first kappa shape index (κ1) is 60.7. The van der Waals surface area contributed by atoms with Crippen molar-refractivity contribution in [3.05, 3.63) is 120 Å². The van der Waals surface area contributed by atoms with E-state index in [4.69, 9.17) is 0 Å². The molecule has 2 unspecified atom stereocenters. The van der Waals surface area contributed by atoms with E-state index in [0.717, 1.165) is 56.8 Å². The van der Waals surface area contributed by atoms with Crippen molar-refractivity contribution >= 4 is 81.1 Å². The fourth-order valence-corrected chi connectivity index (χ4v) is 12.2. The molecule has 0 radical (unpaired) electrons. The quantitative estimate of drug-likeness (QED) is 0.0257. The average Bonchev–Trinajstić information content (AvgIpc) is 3.84. The monoisotopic (exact) mass is 1040 g/mol. The molecular weight excluding hydrogens is 953 g/mol. The van der Waals surface area contributed by atoms with Gasteiger partial charge >= 0.3 is 37.7 Å². The summed E-state index contributed by atoms with van der Waals surface area (Å²) in [6.45, 7) is 5.67. The van der Waals surface area contributed by atoms with Gasteiger partial charge in [0.2, 0.25) is 0 Å². The molecule has 0 aliphatic carbocycles. The molecule has 0 saturated heterocycles. The Bertz CT molecular complexity index is 2100. The fraction of sp³-hybridized carbons (Fsp3) is 0.586. The minimum Gasteiger partial charge on any atom is -0.731 e. The second-order valence-corrected chi connectivity index (χ2v) is 22.2. The molecular formula is C58H86CaN4O6S2. The molecule has 2 heterocycles. The number of hydrogen-bond acceptors (Lipinski definition) is 8. The molecule has 0 saturated carbocycles. The fourth-order valence-electron chi connectivity index (χ4n) is 10.4. The van der Waals surface area contributed by atoms with Crippen LogP contribution in [0, 0.1) is 0 Å². The molecule has 0 N–H and O–H groups in total. The van der Waals surface area contributed by atoms with E-state index in [1.165, 1.54) is 141 Å². The summed E-state index contributed by atoms with van der Waals surface area (Å²) in [5, 5.41) is 0. The van der Waals surface area contributed by atoms with Gasteiger partial charge in [0.1, 0.15) is 12.3 Å². The molecule has 10 nitrogen and oxygen atoms in total. The van der Waals surface area contributed by atoms with Gasteiger partial charge in [-0.3, -0.25) is 8.61 Å². The maximum Gasteiger partial charge on any atom is 2.00 e. The minimum absolute atomic E-state index is 0. The predicted octanol–water partition coefficient (Wildman–Crippen LogP) is 15.2. The van der Waals surface area contributed by atoms with Gasteiger partial charge in [-0.1, -0.05) is 253 Å². The first-order valence-corrected chi connectivity index (χ1v) is 30.1. The third-order valence-corrected chi connectivity index (χ3v) is 16.0. The molecule has 4 aromatic carbocycles. The van der Waals surface area contributed by atoms with Crippen LogP contribution in [-0.2, 0) is 33.7 Å². The van der Waals surface area contributed by atoms with E-state index in [-0.39, 0.29) is 37.7 Å². The Morgan fingerprint density at radius 3 is 0.859 bits per heavy atom. The molecule has 388 valence electrons. The van der Waals surface area contributed by atoms with Gasteiger partial charge in [-0.25, -0.2) is 16.8 Å². The van der Waals surface area contributed by atoms with E-state index in [2.05, 4.69) is 23.6 Å². The van der Waals surface area contributed by atoms with E-state index in [1.54, 1.807) is 24.3 Å². The Kier molecular flexibility index (Phi) is 29.0. The van der Waals surface area contributed by atoms with Gasteiger partial charge in [-0.15, -0.1) is 0 Å². The van der Waals surface area contributed by atoms with Crippen LogP contribution in [0.15, 0.2) is 109 Å². The Morgan fingerprint density at radius 1 is 0.352 bits per heavy atom. The molecule has 13 heteroatoms. The van der Waals surface area contributed by atoms with Crippen molar-refractivity contribution in [2.24, 2.45) is 0 Å². The molecule has 71 heavy (non-hydrogen) atoms. The van der Waals surface area contributed by atoms with Gasteiger partial charge in [0.25, 0.3) is 0 Å². The smallest absolute Gasteiger partial charge is 0.731 e. The summed E-state index contributed by atoms with van der Waals surface area (Å²) < 4.78 is 75.9. The number of unbranched alkanes of at least 4 members (excludes halogenated alkanes) is 24. The molecule has 0 amide bonds. The second kappa shape index (κ2) is 33.9. The number of nitrogens with zero attached hydrogens (tertiary/aromatic N) is 4. The summed E-state index contributed by atoms with van der Waals surface area (Å²) >= 11 is 0. The van der Waals surface area contributed by atoms with E-state index in [0.29, 0.717) is 37.3 Å². The van der Waals surface area contributed by atoms with Crippen molar-refractivity contribution in [1.82, 2.24) is 0 Å². The number of benzene rings is 4. The van der Waals surface area contributed by atoms with Crippen molar-refractivity contribution in [2.45, 2.75) is 219 Å². The van der Waals surface area contributed by atoms with Gasteiger partial charge < -0.3 is 18.9 Å². The van der Waals surface area contributed by atoms with Gasteiger partial charge in [0.15, 0.2) is 20.6 Å². The van der Waals surface area contributed by atoms with E-state index < -0.39 is 32.9 Å². The van der Waals surface area contributed by atoms with Gasteiger partial charge in [-0.05, 0) is 61.1 Å². The summed E-state index contributed by atoms with van der Waals surface area (Å²) in [7, 11) is -9.23. The van der Waals surface area contributed by atoms with Crippen LogP contribution in [0.3, 0.4) is 0 Å². The summed E-state index contributed by atoms with van der Waals surface area (Å²) in [6.07, 6.45) is 33.4. The van der Waals surface area contributed by atoms with Crippen LogP contribution in [0.5, 0.6) is 0 Å². The molecule has 2 aliphatic heterocycles. The normalized spacial score (nSPS) is 15.3. The largest absolute Gasteiger partial charge is 2.00 e.